The van der Waals surface area contributed by atoms with Gasteiger partial charge in [0, 0.05) is 0 Å². The lowest BCUT2D eigenvalue weighted by atomic mass is 9.76. The molecule has 1 fully saturated rings. The van der Waals surface area contributed by atoms with E-state index < -0.39 is 23.5 Å². The molecule has 1 aliphatic heterocycles. The first-order valence-corrected chi connectivity index (χ1v) is 5.35. The number of ether oxygens (including phenoxy) is 1. The molecule has 1 aliphatic rings. The minimum Gasteiger partial charge on any atom is -0.443 e. The number of cyclic esters (lactones) is 1. The Hall–Kier alpha value is -2.04. The van der Waals surface area contributed by atoms with Crippen LogP contribution < -0.4 is 11.1 Å². The summed E-state index contributed by atoms with van der Waals surface area (Å²) >= 11 is 0. The van der Waals surface area contributed by atoms with Gasteiger partial charge in [-0.15, -0.1) is 0 Å². The van der Waals surface area contributed by atoms with Gasteiger partial charge >= 0.3 is 6.09 Å². The first-order chi connectivity index (χ1) is 8.05. The second-order valence-corrected chi connectivity index (χ2v) is 4.21. The Kier molecular flexibility index (Phi) is 2.75. The summed E-state index contributed by atoms with van der Waals surface area (Å²) in [5, 5.41) is 2.53. The lowest BCUT2D eigenvalue weighted by Crippen LogP contribution is -2.49. The molecule has 1 heterocycles. The average molecular weight is 234 g/mol. The fourth-order valence-electron chi connectivity index (χ4n) is 1.98. The van der Waals surface area contributed by atoms with E-state index in [9.17, 15) is 9.59 Å². The lowest BCUT2D eigenvalue weighted by Gasteiger charge is -2.30. The SMILES string of the molecule is CC(C(N)=O)(c1ccccc1)C1CNC(=O)O1. The fourth-order valence-corrected chi connectivity index (χ4v) is 1.98. The third kappa shape index (κ3) is 1.84. The Morgan fingerprint density at radius 3 is 2.59 bits per heavy atom. The Morgan fingerprint density at radius 1 is 1.47 bits per heavy atom. The fraction of sp³-hybridized carbons (Fsp3) is 0.333. The quantitative estimate of drug-likeness (QED) is 0.800. The molecule has 1 saturated heterocycles. The van der Waals surface area contributed by atoms with Crippen LogP contribution in [-0.4, -0.2) is 24.6 Å². The van der Waals surface area contributed by atoms with E-state index in [1.807, 2.05) is 18.2 Å². The van der Waals surface area contributed by atoms with Gasteiger partial charge in [0.15, 0.2) is 0 Å². The normalized spacial score (nSPS) is 22.4. The highest BCUT2D eigenvalue weighted by atomic mass is 16.6. The maximum Gasteiger partial charge on any atom is 0.407 e. The highest BCUT2D eigenvalue weighted by Crippen LogP contribution is 2.30. The number of hydrogen-bond donors (Lipinski definition) is 2. The molecule has 5 heteroatoms. The van der Waals surface area contributed by atoms with Gasteiger partial charge in [0.1, 0.15) is 11.5 Å². The van der Waals surface area contributed by atoms with Crippen molar-refractivity contribution < 1.29 is 14.3 Å². The topological polar surface area (TPSA) is 81.4 Å². The maximum atomic E-state index is 11.7. The molecule has 0 aliphatic carbocycles. The van der Waals surface area contributed by atoms with Crippen molar-refractivity contribution in [2.24, 2.45) is 5.73 Å². The zero-order valence-corrected chi connectivity index (χ0v) is 9.47. The summed E-state index contributed by atoms with van der Waals surface area (Å²) in [4.78, 5) is 22.8. The molecule has 17 heavy (non-hydrogen) atoms. The minimum absolute atomic E-state index is 0.285. The molecule has 0 aromatic heterocycles. The molecule has 1 aromatic rings. The number of nitrogens with one attached hydrogen (secondary N) is 1. The minimum atomic E-state index is -1.01. The van der Waals surface area contributed by atoms with Crippen LogP contribution in [-0.2, 0) is 14.9 Å². The highest BCUT2D eigenvalue weighted by Gasteiger charge is 2.46. The van der Waals surface area contributed by atoms with Gasteiger partial charge in [-0.05, 0) is 12.5 Å². The summed E-state index contributed by atoms with van der Waals surface area (Å²) in [5.74, 6) is -0.509. The van der Waals surface area contributed by atoms with E-state index in [-0.39, 0.29) is 6.54 Å². The largest absolute Gasteiger partial charge is 0.443 e. The van der Waals surface area contributed by atoms with Crippen LogP contribution in [0.25, 0.3) is 0 Å². The van der Waals surface area contributed by atoms with Crippen molar-refractivity contribution in [1.82, 2.24) is 5.32 Å². The van der Waals surface area contributed by atoms with Crippen molar-refractivity contribution in [3.8, 4) is 0 Å². The smallest absolute Gasteiger partial charge is 0.407 e. The van der Waals surface area contributed by atoms with Gasteiger partial charge in [0.05, 0.1) is 6.54 Å². The molecule has 2 amide bonds. The van der Waals surface area contributed by atoms with Crippen molar-refractivity contribution >= 4 is 12.0 Å². The first-order valence-electron chi connectivity index (χ1n) is 5.35. The van der Waals surface area contributed by atoms with Crippen LogP contribution in [0.2, 0.25) is 0 Å². The molecular formula is C12H14N2O3. The van der Waals surface area contributed by atoms with Gasteiger partial charge in [0.25, 0.3) is 0 Å². The zero-order valence-electron chi connectivity index (χ0n) is 9.47. The number of carbonyl (C=O) groups excluding carboxylic acids is 2. The summed E-state index contributed by atoms with van der Waals surface area (Å²) in [6.07, 6.45) is -1.09. The standard InChI is InChI=1S/C12H14N2O3/c1-12(10(13)15,8-5-3-2-4-6-8)9-7-14-11(16)17-9/h2-6,9H,7H2,1H3,(H2,13,15)(H,14,16). The van der Waals surface area contributed by atoms with Crippen LogP contribution in [0.5, 0.6) is 0 Å². The van der Waals surface area contributed by atoms with Crippen LogP contribution >= 0.6 is 0 Å². The number of hydrogen-bond acceptors (Lipinski definition) is 3. The van der Waals surface area contributed by atoms with Crippen LogP contribution in [0.4, 0.5) is 4.79 Å². The van der Waals surface area contributed by atoms with E-state index in [0.717, 1.165) is 5.56 Å². The van der Waals surface area contributed by atoms with E-state index in [0.29, 0.717) is 0 Å². The number of alkyl carbamates (subject to hydrolysis) is 1. The van der Waals surface area contributed by atoms with Gasteiger partial charge < -0.3 is 15.8 Å². The second-order valence-electron chi connectivity index (χ2n) is 4.21. The van der Waals surface area contributed by atoms with Gasteiger partial charge in [-0.25, -0.2) is 4.79 Å². The third-order valence-corrected chi connectivity index (χ3v) is 3.21. The molecule has 2 unspecified atom stereocenters. The molecule has 0 bridgehead atoms. The monoisotopic (exact) mass is 234 g/mol. The summed E-state index contributed by atoms with van der Waals surface area (Å²) in [5.41, 5.74) is 5.20. The van der Waals surface area contributed by atoms with Crippen molar-refractivity contribution in [3.05, 3.63) is 35.9 Å². The van der Waals surface area contributed by atoms with Crippen molar-refractivity contribution in [2.75, 3.05) is 6.54 Å². The molecule has 0 radical (unpaired) electrons. The van der Waals surface area contributed by atoms with Crippen molar-refractivity contribution in [3.63, 3.8) is 0 Å². The predicted molar refractivity (Wildman–Crippen MR) is 61.3 cm³/mol. The van der Waals surface area contributed by atoms with Crippen LogP contribution in [0.15, 0.2) is 30.3 Å². The molecule has 3 N–H and O–H groups in total. The van der Waals surface area contributed by atoms with E-state index >= 15 is 0 Å². The molecule has 2 atom stereocenters. The molecular weight excluding hydrogens is 220 g/mol. The Labute approximate surface area is 98.9 Å². The predicted octanol–water partition coefficient (Wildman–Crippen LogP) is 0.538. The van der Waals surface area contributed by atoms with Gasteiger partial charge in [-0.2, -0.15) is 0 Å². The number of rotatable bonds is 3. The van der Waals surface area contributed by atoms with E-state index in [1.165, 1.54) is 0 Å². The Bertz CT molecular complexity index is 446. The van der Waals surface area contributed by atoms with Crippen LogP contribution in [0, 0.1) is 0 Å². The first kappa shape index (κ1) is 11.4. The van der Waals surface area contributed by atoms with Crippen LogP contribution in [0.1, 0.15) is 12.5 Å². The molecule has 2 rings (SSSR count). The number of carbonyl (C=O) groups is 2. The summed E-state index contributed by atoms with van der Waals surface area (Å²) in [6, 6.07) is 9.10. The van der Waals surface area contributed by atoms with Gasteiger partial charge in [-0.3, -0.25) is 4.79 Å². The van der Waals surface area contributed by atoms with Crippen LogP contribution in [0.3, 0.4) is 0 Å². The maximum absolute atomic E-state index is 11.7. The average Bonchev–Trinajstić information content (AvgIpc) is 2.76. The van der Waals surface area contributed by atoms with E-state index in [4.69, 9.17) is 10.5 Å². The number of benzene rings is 1. The zero-order chi connectivity index (χ0) is 12.5. The summed E-state index contributed by atoms with van der Waals surface area (Å²) < 4.78 is 5.09. The summed E-state index contributed by atoms with van der Waals surface area (Å²) in [6.45, 7) is 1.97. The number of nitrogens with two attached hydrogens (primary N) is 1. The Balaban J connectivity index is 2.40. The third-order valence-electron chi connectivity index (χ3n) is 3.21. The van der Waals surface area contributed by atoms with E-state index in [2.05, 4.69) is 5.32 Å². The highest BCUT2D eigenvalue weighted by molar-refractivity contribution is 5.88. The second kappa shape index (κ2) is 4.08. The van der Waals surface area contributed by atoms with Crippen molar-refractivity contribution in [1.29, 1.82) is 0 Å². The van der Waals surface area contributed by atoms with Crippen molar-refractivity contribution in [2.45, 2.75) is 18.4 Å². The lowest BCUT2D eigenvalue weighted by molar-refractivity contribution is -0.126. The molecule has 5 nitrogen and oxygen atoms in total. The molecule has 0 saturated carbocycles. The number of primary amides is 1. The summed E-state index contributed by atoms with van der Waals surface area (Å²) in [7, 11) is 0. The number of amides is 2. The molecule has 0 spiro atoms. The van der Waals surface area contributed by atoms with E-state index in [1.54, 1.807) is 19.1 Å². The van der Waals surface area contributed by atoms with Gasteiger partial charge in [0.2, 0.25) is 5.91 Å². The Morgan fingerprint density at radius 2 is 2.12 bits per heavy atom. The molecule has 90 valence electrons. The molecule has 1 aromatic carbocycles. The van der Waals surface area contributed by atoms with Gasteiger partial charge in [-0.1, -0.05) is 30.3 Å².